The van der Waals surface area contributed by atoms with Crippen LogP contribution in [0.5, 0.6) is 0 Å². The molecule has 3 heteroatoms. The Balaban J connectivity index is 3.29. The third-order valence-corrected chi connectivity index (χ3v) is 7.09. The number of hydrogen-bond acceptors (Lipinski definition) is 0. The third-order valence-electron chi connectivity index (χ3n) is 2.84. The quantitative estimate of drug-likeness (QED) is 0.234. The second-order valence-corrected chi connectivity index (χ2v) is 8.21. The van der Waals surface area contributed by atoms with Gasteiger partial charge in [-0.3, -0.25) is 0 Å². The average molecular weight is 346 g/mol. The van der Waals surface area contributed by atoms with Crippen molar-refractivity contribution in [3.8, 4) is 0 Å². The Morgan fingerprint density at radius 2 is 1.18 bits per heavy atom. The van der Waals surface area contributed by atoms with Crippen molar-refractivity contribution < 1.29 is 0 Å². The second-order valence-electron chi connectivity index (χ2n) is 4.72. The van der Waals surface area contributed by atoms with Crippen molar-refractivity contribution in [3.63, 3.8) is 0 Å². The zero-order valence-corrected chi connectivity index (χ0v) is 14.6. The van der Waals surface area contributed by atoms with Gasteiger partial charge in [-0.2, -0.15) is 0 Å². The van der Waals surface area contributed by atoms with E-state index in [-0.39, 0.29) is 0 Å². The van der Waals surface area contributed by atoms with E-state index in [0.717, 1.165) is 0 Å². The second kappa shape index (κ2) is 13.5. The topological polar surface area (TPSA) is 0 Å². The molecule has 0 heterocycles. The van der Waals surface area contributed by atoms with Crippen LogP contribution in [0, 0.1) is 0 Å². The van der Waals surface area contributed by atoms with Gasteiger partial charge in [0.15, 0.2) is 0 Å². The zero-order valence-electron chi connectivity index (χ0n) is 11.4. The van der Waals surface area contributed by atoms with E-state index in [4.69, 9.17) is 23.2 Å². The summed E-state index contributed by atoms with van der Waals surface area (Å²) in [5.74, 6) is 0. The molecule has 0 fully saturated rings. The average Bonchev–Trinajstić information content (AvgIpc) is 2.30. The maximum atomic E-state index is 6.30. The van der Waals surface area contributed by atoms with Crippen molar-refractivity contribution in [1.29, 1.82) is 0 Å². The monoisotopic (exact) mass is 346 g/mol. The normalized spacial score (nSPS) is 14.8. The van der Waals surface area contributed by atoms with Crippen LogP contribution in [0.2, 0.25) is 10.6 Å². The first-order valence-corrected chi connectivity index (χ1v) is 10.4. The predicted octanol–water partition coefficient (Wildman–Crippen LogP) is 5.90. The van der Waals surface area contributed by atoms with Gasteiger partial charge in [0.05, 0.1) is 0 Å². The van der Waals surface area contributed by atoms with Crippen molar-refractivity contribution >= 4 is 38.2 Å². The molecule has 0 nitrogen and oxygen atoms in total. The molecule has 0 N–H and O–H groups in total. The van der Waals surface area contributed by atoms with Crippen molar-refractivity contribution in [1.82, 2.24) is 0 Å². The van der Waals surface area contributed by atoms with Gasteiger partial charge in [-0.15, -0.1) is 0 Å². The first-order valence-electron chi connectivity index (χ1n) is 7.06. The van der Waals surface area contributed by atoms with Gasteiger partial charge in [0.2, 0.25) is 0 Å². The third kappa shape index (κ3) is 13.3. The molecule has 0 amide bonds. The number of unbranched alkanes of at least 4 members (excludes halogenated alkanes) is 4. The SMILES string of the molecule is CCCCCC(Cl)C[Se]CC(Cl)CCCCC. The molecule has 0 aromatic rings. The molecule has 0 aliphatic carbocycles. The Hall–Kier alpha value is 1.10. The summed E-state index contributed by atoms with van der Waals surface area (Å²) in [6, 6.07) is 0. The number of alkyl halides is 2. The molecule has 0 spiro atoms. The summed E-state index contributed by atoms with van der Waals surface area (Å²) >= 11 is 13.2. The fraction of sp³-hybridized carbons (Fsp3) is 1.00. The van der Waals surface area contributed by atoms with E-state index in [1.807, 2.05) is 0 Å². The van der Waals surface area contributed by atoms with Crippen LogP contribution in [-0.4, -0.2) is 25.7 Å². The van der Waals surface area contributed by atoms with E-state index in [1.54, 1.807) is 0 Å². The molecular weight excluding hydrogens is 318 g/mol. The maximum absolute atomic E-state index is 6.30. The molecule has 104 valence electrons. The van der Waals surface area contributed by atoms with Crippen LogP contribution >= 0.6 is 23.2 Å². The van der Waals surface area contributed by atoms with E-state index in [1.165, 1.54) is 62.0 Å². The Morgan fingerprint density at radius 1 is 0.765 bits per heavy atom. The van der Waals surface area contributed by atoms with Gasteiger partial charge in [-0.25, -0.2) is 0 Å². The predicted molar refractivity (Wildman–Crippen MR) is 82.9 cm³/mol. The summed E-state index contributed by atoms with van der Waals surface area (Å²) in [5.41, 5.74) is 0. The number of hydrogen-bond donors (Lipinski definition) is 0. The van der Waals surface area contributed by atoms with Gasteiger partial charge in [0.25, 0.3) is 0 Å². The number of halogens is 2. The summed E-state index contributed by atoms with van der Waals surface area (Å²) in [4.78, 5) is 0. The molecule has 0 saturated carbocycles. The van der Waals surface area contributed by atoms with Crippen molar-refractivity contribution in [3.05, 3.63) is 0 Å². The number of rotatable bonds is 12. The van der Waals surface area contributed by atoms with Crippen LogP contribution in [0.4, 0.5) is 0 Å². The Kier molecular flexibility index (Phi) is 14.4. The van der Waals surface area contributed by atoms with Crippen LogP contribution in [0.1, 0.15) is 65.2 Å². The fourth-order valence-corrected chi connectivity index (χ4v) is 5.01. The molecule has 0 aliphatic rings. The van der Waals surface area contributed by atoms with Crippen LogP contribution in [-0.2, 0) is 0 Å². The van der Waals surface area contributed by atoms with Gasteiger partial charge < -0.3 is 0 Å². The molecule has 17 heavy (non-hydrogen) atoms. The van der Waals surface area contributed by atoms with Crippen LogP contribution in [0.3, 0.4) is 0 Å². The standard InChI is InChI=1S/C14H28Cl2Se/c1-3-5-7-9-13(15)11-17-12-14(16)10-8-6-4-2/h13-14H,3-12H2,1-2H3. The summed E-state index contributed by atoms with van der Waals surface area (Å²) in [5, 5.41) is 3.21. The summed E-state index contributed by atoms with van der Waals surface area (Å²) in [6.07, 6.45) is 10.2. The zero-order chi connectivity index (χ0) is 12.9. The van der Waals surface area contributed by atoms with Crippen molar-refractivity contribution in [2.24, 2.45) is 0 Å². The molecule has 2 unspecified atom stereocenters. The molecule has 0 aromatic heterocycles. The van der Waals surface area contributed by atoms with Gasteiger partial charge in [-0.1, -0.05) is 0 Å². The molecular formula is C14H28Cl2Se. The van der Waals surface area contributed by atoms with Gasteiger partial charge in [0.1, 0.15) is 0 Å². The molecule has 0 aliphatic heterocycles. The van der Waals surface area contributed by atoms with Crippen LogP contribution in [0.25, 0.3) is 0 Å². The molecule has 0 rings (SSSR count). The van der Waals surface area contributed by atoms with Crippen LogP contribution in [0.15, 0.2) is 0 Å². The molecule has 2 atom stereocenters. The van der Waals surface area contributed by atoms with Gasteiger partial charge in [0, 0.05) is 0 Å². The molecule has 0 bridgehead atoms. The Labute approximate surface area is 124 Å². The van der Waals surface area contributed by atoms with Crippen molar-refractivity contribution in [2.45, 2.75) is 86.6 Å². The molecule has 0 radical (unpaired) electrons. The van der Waals surface area contributed by atoms with Gasteiger partial charge in [-0.05, 0) is 0 Å². The minimum atomic E-state index is 0.404. The first-order chi connectivity index (χ1) is 8.20. The summed E-state index contributed by atoms with van der Waals surface area (Å²) < 4.78 is 0. The molecule has 0 aromatic carbocycles. The van der Waals surface area contributed by atoms with E-state index < -0.39 is 0 Å². The van der Waals surface area contributed by atoms with E-state index in [9.17, 15) is 0 Å². The Bertz CT molecular complexity index is 137. The van der Waals surface area contributed by atoms with E-state index in [2.05, 4.69) is 13.8 Å². The van der Waals surface area contributed by atoms with Crippen LogP contribution < -0.4 is 0 Å². The van der Waals surface area contributed by atoms with Crippen molar-refractivity contribution in [2.75, 3.05) is 0 Å². The summed E-state index contributed by atoms with van der Waals surface area (Å²) in [7, 11) is 0. The molecule has 0 saturated heterocycles. The Morgan fingerprint density at radius 3 is 1.53 bits per heavy atom. The minimum absolute atomic E-state index is 0.404. The van der Waals surface area contributed by atoms with E-state index in [0.29, 0.717) is 25.7 Å². The van der Waals surface area contributed by atoms with Gasteiger partial charge >= 0.3 is 125 Å². The van der Waals surface area contributed by atoms with E-state index >= 15 is 0 Å². The first kappa shape index (κ1) is 18.1. The summed E-state index contributed by atoms with van der Waals surface area (Å²) in [6.45, 7) is 4.48. The fourth-order valence-electron chi connectivity index (χ4n) is 1.72.